The summed E-state index contributed by atoms with van der Waals surface area (Å²) in [5, 5.41) is 10.5. The lowest BCUT2D eigenvalue weighted by Crippen LogP contribution is -2.01. The fraction of sp³-hybridized carbons (Fsp3) is 0.107. The molecule has 0 spiro atoms. The van der Waals surface area contributed by atoms with Crippen molar-refractivity contribution in [1.29, 1.82) is 0 Å². The molecular formula is C28H22ClFO4. The molecule has 172 valence electrons. The van der Waals surface area contributed by atoms with E-state index in [2.05, 4.69) is 0 Å². The van der Waals surface area contributed by atoms with Crippen molar-refractivity contribution in [3.63, 3.8) is 0 Å². The first kappa shape index (κ1) is 23.5. The van der Waals surface area contributed by atoms with Crippen molar-refractivity contribution >= 4 is 17.6 Å². The van der Waals surface area contributed by atoms with Crippen molar-refractivity contribution in [2.75, 3.05) is 14.2 Å². The van der Waals surface area contributed by atoms with E-state index in [9.17, 15) is 9.90 Å². The maximum Gasteiger partial charge on any atom is 0.337 e. The Morgan fingerprint density at radius 2 is 1.65 bits per heavy atom. The van der Waals surface area contributed by atoms with Crippen molar-refractivity contribution in [2.24, 2.45) is 0 Å². The smallest absolute Gasteiger partial charge is 0.337 e. The number of benzene rings is 4. The zero-order valence-corrected chi connectivity index (χ0v) is 19.4. The molecule has 0 bridgehead atoms. The van der Waals surface area contributed by atoms with Crippen LogP contribution in [0.1, 0.15) is 15.9 Å². The molecule has 0 saturated heterocycles. The van der Waals surface area contributed by atoms with Crippen molar-refractivity contribution in [3.05, 3.63) is 101 Å². The van der Waals surface area contributed by atoms with Crippen LogP contribution in [-0.2, 0) is 11.3 Å². The van der Waals surface area contributed by atoms with Crippen LogP contribution in [0.25, 0.3) is 33.4 Å². The molecule has 0 fully saturated rings. The second kappa shape index (κ2) is 10.1. The summed E-state index contributed by atoms with van der Waals surface area (Å²) < 4.78 is 25.6. The minimum Gasteiger partial charge on any atom is -0.496 e. The van der Waals surface area contributed by atoms with E-state index in [4.69, 9.17) is 21.1 Å². The number of aliphatic hydroxyl groups excluding tert-OH is 1. The summed E-state index contributed by atoms with van der Waals surface area (Å²) in [6.45, 7) is -0.230. The highest BCUT2D eigenvalue weighted by Gasteiger charge is 2.17. The first-order valence-electron chi connectivity index (χ1n) is 10.5. The summed E-state index contributed by atoms with van der Waals surface area (Å²) in [4.78, 5) is 11.9. The van der Waals surface area contributed by atoms with Crippen molar-refractivity contribution < 1.29 is 23.8 Å². The third-order valence-corrected chi connectivity index (χ3v) is 5.83. The van der Waals surface area contributed by atoms with E-state index in [1.165, 1.54) is 20.3 Å². The SMILES string of the molecule is COC(=O)c1cccc(-c2ccc(-c3cc(F)c(-c4cccc(Cl)c4)c(OC)c3)cc2CO)c1. The van der Waals surface area contributed by atoms with Gasteiger partial charge in [0.05, 0.1) is 32.0 Å². The molecule has 34 heavy (non-hydrogen) atoms. The summed E-state index contributed by atoms with van der Waals surface area (Å²) in [6, 6.07) is 22.6. The van der Waals surface area contributed by atoms with E-state index in [-0.39, 0.29) is 6.61 Å². The van der Waals surface area contributed by atoms with Crippen LogP contribution in [0, 0.1) is 5.82 Å². The summed E-state index contributed by atoms with van der Waals surface area (Å²) in [5.74, 6) is -0.513. The normalized spacial score (nSPS) is 10.7. The minimum absolute atomic E-state index is 0.230. The molecule has 0 heterocycles. The lowest BCUT2D eigenvalue weighted by molar-refractivity contribution is 0.0601. The molecule has 0 aliphatic carbocycles. The van der Waals surface area contributed by atoms with Crippen LogP contribution in [-0.4, -0.2) is 25.3 Å². The van der Waals surface area contributed by atoms with Gasteiger partial charge in [-0.1, -0.05) is 48.0 Å². The molecule has 4 nitrogen and oxygen atoms in total. The Balaban J connectivity index is 1.77. The third kappa shape index (κ3) is 4.67. The van der Waals surface area contributed by atoms with Gasteiger partial charge in [-0.25, -0.2) is 9.18 Å². The van der Waals surface area contributed by atoms with Gasteiger partial charge in [0, 0.05) is 5.02 Å². The second-order valence-corrected chi connectivity index (χ2v) is 8.08. The molecule has 0 aliphatic heterocycles. The molecule has 0 amide bonds. The number of ether oxygens (including phenoxy) is 2. The highest BCUT2D eigenvalue weighted by Crippen LogP contribution is 2.38. The van der Waals surface area contributed by atoms with Gasteiger partial charge in [0.2, 0.25) is 0 Å². The molecular weight excluding hydrogens is 455 g/mol. The number of esters is 1. The molecule has 6 heteroatoms. The molecule has 0 unspecified atom stereocenters. The average Bonchev–Trinajstić information content (AvgIpc) is 2.87. The molecule has 1 N–H and O–H groups in total. The Kier molecular flexibility index (Phi) is 6.96. The maximum absolute atomic E-state index is 15.3. The summed E-state index contributed by atoms with van der Waals surface area (Å²) in [5.41, 5.74) is 4.84. The second-order valence-electron chi connectivity index (χ2n) is 7.65. The Labute approximate surface area is 202 Å². The fourth-order valence-electron chi connectivity index (χ4n) is 3.95. The first-order chi connectivity index (χ1) is 16.4. The van der Waals surface area contributed by atoms with Gasteiger partial charge >= 0.3 is 5.97 Å². The van der Waals surface area contributed by atoms with E-state index in [0.29, 0.717) is 44.2 Å². The molecule has 0 saturated carbocycles. The van der Waals surface area contributed by atoms with Gasteiger partial charge in [0.15, 0.2) is 0 Å². The molecule has 0 aliphatic rings. The number of carbonyl (C=O) groups excluding carboxylic acids is 1. The van der Waals surface area contributed by atoms with Gasteiger partial charge in [-0.05, 0) is 75.8 Å². The van der Waals surface area contributed by atoms with Crippen molar-refractivity contribution in [1.82, 2.24) is 0 Å². The number of rotatable bonds is 6. The largest absolute Gasteiger partial charge is 0.496 e. The molecule has 0 atom stereocenters. The van der Waals surface area contributed by atoms with Gasteiger partial charge in [-0.15, -0.1) is 0 Å². The van der Waals surface area contributed by atoms with E-state index in [0.717, 1.165) is 11.1 Å². The van der Waals surface area contributed by atoms with Gasteiger partial charge in [0.25, 0.3) is 0 Å². The van der Waals surface area contributed by atoms with E-state index in [1.807, 2.05) is 18.2 Å². The van der Waals surface area contributed by atoms with Crippen molar-refractivity contribution in [3.8, 4) is 39.1 Å². The number of halogens is 2. The standard InChI is InChI=1S/C28H22ClFO4/c1-33-26-15-21(14-25(30)27(26)19-6-4-8-23(29)13-19)17-9-10-24(22(11-17)16-31)18-5-3-7-20(12-18)28(32)34-2/h3-15,31H,16H2,1-2H3. The summed E-state index contributed by atoms with van der Waals surface area (Å²) in [7, 11) is 2.82. The predicted octanol–water partition coefficient (Wildman–Crippen LogP) is 6.77. The molecule has 0 radical (unpaired) electrons. The van der Waals surface area contributed by atoms with Crippen LogP contribution in [0.15, 0.2) is 78.9 Å². The minimum atomic E-state index is -0.447. The highest BCUT2D eigenvalue weighted by atomic mass is 35.5. The first-order valence-corrected chi connectivity index (χ1v) is 10.9. The molecule has 4 rings (SSSR count). The summed E-state index contributed by atoms with van der Waals surface area (Å²) >= 11 is 6.09. The van der Waals surface area contributed by atoms with Crippen LogP contribution >= 0.6 is 11.6 Å². The summed E-state index contributed by atoms with van der Waals surface area (Å²) in [6.07, 6.45) is 0. The topological polar surface area (TPSA) is 55.8 Å². The monoisotopic (exact) mass is 476 g/mol. The van der Waals surface area contributed by atoms with Crippen LogP contribution < -0.4 is 4.74 Å². The lowest BCUT2D eigenvalue weighted by atomic mass is 9.93. The van der Waals surface area contributed by atoms with Crippen LogP contribution in [0.3, 0.4) is 0 Å². The zero-order chi connectivity index (χ0) is 24.2. The number of hydrogen-bond donors (Lipinski definition) is 1. The Morgan fingerprint density at radius 3 is 2.35 bits per heavy atom. The number of hydrogen-bond acceptors (Lipinski definition) is 4. The van der Waals surface area contributed by atoms with Crippen LogP contribution in [0.2, 0.25) is 5.02 Å². The van der Waals surface area contributed by atoms with Gasteiger partial charge < -0.3 is 14.6 Å². The maximum atomic E-state index is 15.3. The molecule has 0 aromatic heterocycles. The fourth-order valence-corrected chi connectivity index (χ4v) is 4.14. The van der Waals surface area contributed by atoms with Gasteiger partial charge in [0.1, 0.15) is 11.6 Å². The van der Waals surface area contributed by atoms with Crippen LogP contribution in [0.5, 0.6) is 5.75 Å². The van der Waals surface area contributed by atoms with E-state index in [1.54, 1.807) is 54.6 Å². The molecule has 4 aromatic rings. The Morgan fingerprint density at radius 1 is 0.882 bits per heavy atom. The number of methoxy groups -OCH3 is 2. The number of carbonyl (C=O) groups is 1. The Hall–Kier alpha value is -3.67. The quantitative estimate of drug-likeness (QED) is 0.312. The zero-order valence-electron chi connectivity index (χ0n) is 18.6. The average molecular weight is 477 g/mol. The lowest BCUT2D eigenvalue weighted by Gasteiger charge is -2.15. The van der Waals surface area contributed by atoms with E-state index < -0.39 is 11.8 Å². The van der Waals surface area contributed by atoms with E-state index >= 15 is 4.39 Å². The van der Waals surface area contributed by atoms with Crippen molar-refractivity contribution in [2.45, 2.75) is 6.61 Å². The van der Waals surface area contributed by atoms with Crippen LogP contribution in [0.4, 0.5) is 4.39 Å². The van der Waals surface area contributed by atoms with Gasteiger partial charge in [-0.3, -0.25) is 0 Å². The highest BCUT2D eigenvalue weighted by molar-refractivity contribution is 6.30. The molecule has 4 aromatic carbocycles. The number of aliphatic hydroxyl groups is 1. The Bertz CT molecular complexity index is 1370. The third-order valence-electron chi connectivity index (χ3n) is 5.59. The van der Waals surface area contributed by atoms with Gasteiger partial charge in [-0.2, -0.15) is 0 Å². The predicted molar refractivity (Wildman–Crippen MR) is 132 cm³/mol.